The van der Waals surface area contributed by atoms with Crippen LogP contribution in [-0.2, 0) is 12.8 Å². The second kappa shape index (κ2) is 7.28. The number of benzene rings is 2. The Labute approximate surface area is 152 Å². The van der Waals surface area contributed by atoms with Gasteiger partial charge in [-0.05, 0) is 36.2 Å². The highest BCUT2D eigenvalue weighted by molar-refractivity contribution is 7.80. The third-order valence-electron chi connectivity index (χ3n) is 4.11. The van der Waals surface area contributed by atoms with Crippen molar-refractivity contribution in [3.8, 4) is 11.5 Å². The van der Waals surface area contributed by atoms with Gasteiger partial charge in [-0.25, -0.2) is 0 Å². The van der Waals surface area contributed by atoms with Gasteiger partial charge in [0.05, 0.1) is 24.9 Å². The minimum Gasteiger partial charge on any atom is -0.495 e. The van der Waals surface area contributed by atoms with Crippen molar-refractivity contribution >= 4 is 34.6 Å². The van der Waals surface area contributed by atoms with Gasteiger partial charge in [-0.3, -0.25) is 0 Å². The highest BCUT2D eigenvalue weighted by atomic mass is 35.5. The molecule has 2 N–H and O–H groups in total. The maximum atomic E-state index is 6.12. The van der Waals surface area contributed by atoms with Gasteiger partial charge < -0.3 is 20.1 Å². The lowest BCUT2D eigenvalue weighted by atomic mass is 10.1. The van der Waals surface area contributed by atoms with E-state index in [-0.39, 0.29) is 0 Å². The van der Waals surface area contributed by atoms with Crippen LogP contribution in [-0.4, -0.2) is 25.4 Å². The molecule has 24 heavy (non-hydrogen) atoms. The molecule has 0 bridgehead atoms. The summed E-state index contributed by atoms with van der Waals surface area (Å²) >= 11 is 11.6. The van der Waals surface area contributed by atoms with Crippen molar-refractivity contribution in [2.45, 2.75) is 18.9 Å². The Hall–Kier alpha value is -1.98. The third-order valence-corrected chi connectivity index (χ3v) is 4.62. The molecule has 0 saturated heterocycles. The molecular formula is C18H19ClN2O2S. The SMILES string of the molecule is COc1cc(NC(=S)NC2Cc3ccccc3C2)c(OC)cc1Cl. The predicted molar refractivity (Wildman–Crippen MR) is 102 cm³/mol. The Morgan fingerprint density at radius 2 is 1.71 bits per heavy atom. The summed E-state index contributed by atoms with van der Waals surface area (Å²) in [4.78, 5) is 0. The van der Waals surface area contributed by atoms with Crippen LogP contribution in [0.4, 0.5) is 5.69 Å². The molecule has 6 heteroatoms. The number of rotatable bonds is 4. The summed E-state index contributed by atoms with van der Waals surface area (Å²) in [5.41, 5.74) is 3.47. The highest BCUT2D eigenvalue weighted by Crippen LogP contribution is 2.35. The van der Waals surface area contributed by atoms with E-state index in [1.807, 2.05) is 0 Å². The van der Waals surface area contributed by atoms with Crippen molar-refractivity contribution in [1.29, 1.82) is 0 Å². The van der Waals surface area contributed by atoms with Gasteiger partial charge in [0.15, 0.2) is 5.11 Å². The van der Waals surface area contributed by atoms with Crippen LogP contribution in [0.2, 0.25) is 5.02 Å². The van der Waals surface area contributed by atoms with Gasteiger partial charge >= 0.3 is 0 Å². The summed E-state index contributed by atoms with van der Waals surface area (Å²) in [5, 5.41) is 7.58. The molecule has 0 aliphatic heterocycles. The summed E-state index contributed by atoms with van der Waals surface area (Å²) < 4.78 is 10.6. The van der Waals surface area contributed by atoms with Gasteiger partial charge in [-0.1, -0.05) is 35.9 Å². The molecule has 0 atom stereocenters. The molecule has 126 valence electrons. The molecule has 3 rings (SSSR count). The number of hydrogen-bond donors (Lipinski definition) is 2. The lowest BCUT2D eigenvalue weighted by molar-refractivity contribution is 0.405. The summed E-state index contributed by atoms with van der Waals surface area (Å²) in [6.07, 6.45) is 1.94. The monoisotopic (exact) mass is 362 g/mol. The average molecular weight is 363 g/mol. The van der Waals surface area contributed by atoms with Crippen LogP contribution in [0.5, 0.6) is 11.5 Å². The number of methoxy groups -OCH3 is 2. The summed E-state index contributed by atoms with van der Waals surface area (Å²) in [6.45, 7) is 0. The van der Waals surface area contributed by atoms with E-state index in [9.17, 15) is 0 Å². The van der Waals surface area contributed by atoms with Gasteiger partial charge in [0, 0.05) is 18.2 Å². The molecule has 0 unspecified atom stereocenters. The van der Waals surface area contributed by atoms with Gasteiger partial charge in [0.25, 0.3) is 0 Å². The molecule has 0 fully saturated rings. The topological polar surface area (TPSA) is 42.5 Å². The van der Waals surface area contributed by atoms with Crippen molar-refractivity contribution in [3.05, 3.63) is 52.5 Å². The minimum atomic E-state index is 0.294. The summed E-state index contributed by atoms with van der Waals surface area (Å²) in [7, 11) is 3.16. The van der Waals surface area contributed by atoms with E-state index >= 15 is 0 Å². The van der Waals surface area contributed by atoms with E-state index in [0.717, 1.165) is 12.8 Å². The maximum absolute atomic E-state index is 6.12. The van der Waals surface area contributed by atoms with E-state index < -0.39 is 0 Å². The standard InChI is InChI=1S/C18H19ClN2O2S/c1-22-16-10-15(17(23-2)9-14(16)19)21-18(24)20-13-7-11-5-3-4-6-12(11)8-13/h3-6,9-10,13H,7-8H2,1-2H3,(H2,20,21,24). The van der Waals surface area contributed by atoms with Crippen LogP contribution in [0.1, 0.15) is 11.1 Å². The molecule has 4 nitrogen and oxygen atoms in total. The van der Waals surface area contributed by atoms with Crippen molar-refractivity contribution in [3.63, 3.8) is 0 Å². The molecular weight excluding hydrogens is 344 g/mol. The zero-order chi connectivity index (χ0) is 17.1. The number of nitrogens with one attached hydrogen (secondary N) is 2. The van der Waals surface area contributed by atoms with Crippen LogP contribution >= 0.6 is 23.8 Å². The van der Waals surface area contributed by atoms with Crippen LogP contribution < -0.4 is 20.1 Å². The lowest BCUT2D eigenvalue weighted by Gasteiger charge is -2.18. The summed E-state index contributed by atoms with van der Waals surface area (Å²) in [6, 6.07) is 12.3. The fourth-order valence-electron chi connectivity index (χ4n) is 2.96. The zero-order valence-electron chi connectivity index (χ0n) is 13.6. The van der Waals surface area contributed by atoms with Gasteiger partial charge in [0.1, 0.15) is 11.5 Å². The van der Waals surface area contributed by atoms with E-state index in [2.05, 4.69) is 34.9 Å². The first-order valence-corrected chi connectivity index (χ1v) is 8.45. The molecule has 0 heterocycles. The van der Waals surface area contributed by atoms with Crippen LogP contribution in [0.15, 0.2) is 36.4 Å². The van der Waals surface area contributed by atoms with Crippen molar-refractivity contribution in [1.82, 2.24) is 5.32 Å². The molecule has 1 aliphatic carbocycles. The van der Waals surface area contributed by atoms with Crippen LogP contribution in [0.25, 0.3) is 0 Å². The fraction of sp³-hybridized carbons (Fsp3) is 0.278. The van der Waals surface area contributed by atoms with Crippen molar-refractivity contribution < 1.29 is 9.47 Å². The predicted octanol–water partition coefficient (Wildman–Crippen LogP) is 3.81. The number of hydrogen-bond acceptors (Lipinski definition) is 3. The molecule has 0 spiro atoms. The van der Waals surface area contributed by atoms with Gasteiger partial charge in [-0.2, -0.15) is 0 Å². The molecule has 0 saturated carbocycles. The number of fused-ring (bicyclic) bond motifs is 1. The number of anilines is 1. The molecule has 0 aromatic heterocycles. The first-order chi connectivity index (χ1) is 11.6. The average Bonchev–Trinajstić information content (AvgIpc) is 2.97. The lowest BCUT2D eigenvalue weighted by Crippen LogP contribution is -2.38. The quantitative estimate of drug-likeness (QED) is 0.809. The number of ether oxygens (including phenoxy) is 2. The van der Waals surface area contributed by atoms with Crippen LogP contribution in [0, 0.1) is 0 Å². The smallest absolute Gasteiger partial charge is 0.171 e. The Morgan fingerprint density at radius 3 is 2.29 bits per heavy atom. The molecule has 0 amide bonds. The Balaban J connectivity index is 1.68. The molecule has 2 aromatic carbocycles. The fourth-order valence-corrected chi connectivity index (χ4v) is 3.47. The molecule has 0 radical (unpaired) electrons. The second-order valence-corrected chi connectivity index (χ2v) is 6.47. The maximum Gasteiger partial charge on any atom is 0.171 e. The number of thiocarbonyl (C=S) groups is 1. The van der Waals surface area contributed by atoms with E-state index in [1.54, 1.807) is 26.4 Å². The van der Waals surface area contributed by atoms with E-state index in [1.165, 1.54) is 11.1 Å². The zero-order valence-corrected chi connectivity index (χ0v) is 15.1. The van der Waals surface area contributed by atoms with Gasteiger partial charge in [-0.15, -0.1) is 0 Å². The molecule has 2 aromatic rings. The third kappa shape index (κ3) is 3.57. The normalized spacial score (nSPS) is 13.3. The highest BCUT2D eigenvalue weighted by Gasteiger charge is 2.21. The minimum absolute atomic E-state index is 0.294. The first kappa shape index (κ1) is 16.9. The first-order valence-electron chi connectivity index (χ1n) is 7.66. The van der Waals surface area contributed by atoms with Crippen LogP contribution in [0.3, 0.4) is 0 Å². The van der Waals surface area contributed by atoms with Gasteiger partial charge in [0.2, 0.25) is 0 Å². The largest absolute Gasteiger partial charge is 0.495 e. The Morgan fingerprint density at radius 1 is 1.08 bits per heavy atom. The summed E-state index contributed by atoms with van der Waals surface area (Å²) in [5.74, 6) is 1.18. The number of halogens is 1. The van der Waals surface area contributed by atoms with Crippen molar-refractivity contribution in [2.24, 2.45) is 0 Å². The van der Waals surface area contributed by atoms with E-state index in [4.69, 9.17) is 33.3 Å². The Bertz CT molecular complexity index is 742. The Kier molecular flexibility index (Phi) is 5.11. The van der Waals surface area contributed by atoms with E-state index in [0.29, 0.717) is 33.4 Å². The second-order valence-electron chi connectivity index (χ2n) is 5.66. The van der Waals surface area contributed by atoms with Crippen molar-refractivity contribution in [2.75, 3.05) is 19.5 Å². The molecule has 1 aliphatic rings.